The van der Waals surface area contributed by atoms with Gasteiger partial charge in [-0.15, -0.1) is 0 Å². The van der Waals surface area contributed by atoms with Crippen molar-refractivity contribution in [2.75, 3.05) is 6.54 Å². The molecule has 1 unspecified atom stereocenters. The lowest BCUT2D eigenvalue weighted by molar-refractivity contribution is -0.0322. The monoisotopic (exact) mass is 359 g/mol. The van der Waals surface area contributed by atoms with Crippen LogP contribution in [0.3, 0.4) is 0 Å². The summed E-state index contributed by atoms with van der Waals surface area (Å²) >= 11 is 0. The summed E-state index contributed by atoms with van der Waals surface area (Å²) in [6.07, 6.45) is -0.442. The van der Waals surface area contributed by atoms with E-state index < -0.39 is 20.7 Å². The molecule has 0 aliphatic carbocycles. The van der Waals surface area contributed by atoms with Crippen molar-refractivity contribution in [1.82, 2.24) is 4.90 Å². The number of amides is 1. The topological polar surface area (TPSA) is 59.0 Å². The van der Waals surface area contributed by atoms with Crippen molar-refractivity contribution in [3.8, 4) is 0 Å². The second-order valence-electron chi connectivity index (χ2n) is 9.17. The van der Waals surface area contributed by atoms with Crippen molar-refractivity contribution in [2.24, 2.45) is 11.3 Å². The number of likely N-dealkylation sites (tertiary alicyclic amines) is 1. The molecule has 0 aromatic rings. The minimum absolute atomic E-state index is 0.103. The van der Waals surface area contributed by atoms with Crippen LogP contribution in [0.15, 0.2) is 0 Å². The molecule has 1 heterocycles. The molecule has 0 saturated carbocycles. The van der Waals surface area contributed by atoms with Gasteiger partial charge < -0.3 is 14.3 Å². The van der Waals surface area contributed by atoms with Crippen molar-refractivity contribution in [1.29, 1.82) is 0 Å². The van der Waals surface area contributed by atoms with Crippen molar-refractivity contribution in [3.63, 3.8) is 0 Å². The Morgan fingerprint density at radius 2 is 1.75 bits per heavy atom. The van der Waals surface area contributed by atoms with Crippen LogP contribution in [0.2, 0.25) is 13.1 Å². The van der Waals surface area contributed by atoms with Gasteiger partial charge in [0.15, 0.2) is 9.04 Å². The smallest absolute Gasteiger partial charge is 0.410 e. The van der Waals surface area contributed by atoms with Gasteiger partial charge in [-0.1, -0.05) is 27.7 Å². The third-order valence-electron chi connectivity index (χ3n) is 4.94. The molecule has 1 amide bonds. The minimum atomic E-state index is -1.31. The molecule has 3 atom stereocenters. The van der Waals surface area contributed by atoms with Gasteiger partial charge in [-0.3, -0.25) is 4.90 Å². The van der Waals surface area contributed by atoms with E-state index in [2.05, 4.69) is 40.8 Å². The van der Waals surface area contributed by atoms with Crippen molar-refractivity contribution in [2.45, 2.75) is 91.8 Å². The predicted molar refractivity (Wildman–Crippen MR) is 99.7 cm³/mol. The van der Waals surface area contributed by atoms with E-state index in [1.54, 1.807) is 4.90 Å². The van der Waals surface area contributed by atoms with Gasteiger partial charge in [0.1, 0.15) is 5.60 Å². The molecule has 1 aliphatic rings. The fraction of sp³-hybridized carbons (Fsp3) is 0.944. The van der Waals surface area contributed by atoms with Gasteiger partial charge in [0, 0.05) is 0 Å². The fourth-order valence-electron chi connectivity index (χ4n) is 3.04. The second kappa shape index (κ2) is 7.75. The summed E-state index contributed by atoms with van der Waals surface area (Å²) in [6.45, 7) is 18.9. The zero-order valence-electron chi connectivity index (χ0n) is 16.9. The number of hydrogen-bond donors (Lipinski definition) is 1. The van der Waals surface area contributed by atoms with Crippen LogP contribution in [-0.4, -0.2) is 55.5 Å². The zero-order chi connectivity index (χ0) is 18.9. The Morgan fingerprint density at radius 1 is 1.21 bits per heavy atom. The maximum Gasteiger partial charge on any atom is 0.410 e. The molecule has 0 bridgehead atoms. The van der Waals surface area contributed by atoms with Gasteiger partial charge in [0.05, 0.1) is 24.8 Å². The van der Waals surface area contributed by atoms with Gasteiger partial charge in [-0.05, 0) is 51.6 Å². The number of nitrogens with zero attached hydrogens (tertiary/aromatic N) is 1. The molecule has 24 heavy (non-hydrogen) atoms. The number of rotatable bonds is 5. The van der Waals surface area contributed by atoms with Gasteiger partial charge in [0.2, 0.25) is 0 Å². The Bertz CT molecular complexity index is 431. The molecular weight excluding hydrogens is 322 g/mol. The molecule has 1 fully saturated rings. The van der Waals surface area contributed by atoms with Crippen LogP contribution in [0, 0.1) is 11.3 Å². The average molecular weight is 360 g/mol. The lowest BCUT2D eigenvalue weighted by atomic mass is 9.73. The minimum Gasteiger partial charge on any atom is -0.444 e. The Labute approximate surface area is 149 Å². The Kier molecular flexibility index (Phi) is 6.92. The van der Waals surface area contributed by atoms with Crippen molar-refractivity contribution < 1.29 is 19.1 Å². The van der Waals surface area contributed by atoms with Crippen LogP contribution in [0.1, 0.15) is 54.9 Å². The Balaban J connectivity index is 3.11. The van der Waals surface area contributed by atoms with Crippen molar-refractivity contribution in [3.05, 3.63) is 0 Å². The summed E-state index contributed by atoms with van der Waals surface area (Å²) in [5.74, 6) is 0.397. The summed E-state index contributed by atoms with van der Waals surface area (Å²) in [6, 6.07) is -0.151. The van der Waals surface area contributed by atoms with Gasteiger partial charge >= 0.3 is 6.09 Å². The first-order valence-electron chi connectivity index (χ1n) is 9.08. The molecule has 1 aliphatic heterocycles. The lowest BCUT2D eigenvalue weighted by Gasteiger charge is -2.44. The van der Waals surface area contributed by atoms with E-state index in [9.17, 15) is 9.90 Å². The second-order valence-corrected chi connectivity index (χ2v) is 11.5. The molecule has 1 rings (SSSR count). The van der Waals surface area contributed by atoms with E-state index in [1.807, 2.05) is 20.8 Å². The SMILES string of the molecule is CC(C)C(C)(C)C(O[SiH](C)C)[C@H]1C[C@@H](O)CN1C(=O)OC(C)(C)C. The molecule has 0 aromatic heterocycles. The first-order chi connectivity index (χ1) is 10.8. The van der Waals surface area contributed by atoms with E-state index in [1.165, 1.54) is 0 Å². The third kappa shape index (κ3) is 5.46. The number of β-amino-alcohol motifs (C(OH)–C–C–N with tert-alkyl or cyclic N) is 1. The Morgan fingerprint density at radius 3 is 2.17 bits per heavy atom. The summed E-state index contributed by atoms with van der Waals surface area (Å²) in [7, 11) is -1.31. The van der Waals surface area contributed by atoms with Crippen LogP contribution in [0.25, 0.3) is 0 Å². The van der Waals surface area contributed by atoms with Crippen LogP contribution in [-0.2, 0) is 9.16 Å². The normalized spacial score (nSPS) is 23.9. The molecule has 0 radical (unpaired) electrons. The highest BCUT2D eigenvalue weighted by molar-refractivity contribution is 6.48. The highest BCUT2D eigenvalue weighted by atomic mass is 28.3. The van der Waals surface area contributed by atoms with E-state index in [-0.39, 0.29) is 23.7 Å². The number of aliphatic hydroxyl groups excluding tert-OH is 1. The van der Waals surface area contributed by atoms with E-state index >= 15 is 0 Å². The largest absolute Gasteiger partial charge is 0.444 e. The molecule has 6 heteroatoms. The van der Waals surface area contributed by atoms with E-state index in [0.717, 1.165) is 0 Å². The molecule has 1 saturated heterocycles. The summed E-state index contributed by atoms with van der Waals surface area (Å²) < 4.78 is 12.0. The standard InChI is InChI=1S/C18H37NO4Si/c1-12(2)18(6,7)15(23-24(8)9)14-10-13(20)11-19(14)16(21)22-17(3,4)5/h12-15,20,24H,10-11H2,1-9H3/t13-,14-,15?/m1/s1. The molecular formula is C18H37NO4Si. The summed E-state index contributed by atoms with van der Waals surface area (Å²) in [5, 5.41) is 10.2. The molecule has 142 valence electrons. The van der Waals surface area contributed by atoms with Crippen LogP contribution >= 0.6 is 0 Å². The first-order valence-corrected chi connectivity index (χ1v) is 11.9. The van der Waals surface area contributed by atoms with Crippen LogP contribution in [0.5, 0.6) is 0 Å². The fourth-order valence-corrected chi connectivity index (χ4v) is 4.16. The molecule has 1 N–H and O–H groups in total. The van der Waals surface area contributed by atoms with Crippen LogP contribution < -0.4 is 0 Å². The number of carbonyl (C=O) groups excluding carboxylic acids is 1. The number of aliphatic hydroxyl groups is 1. The quantitative estimate of drug-likeness (QED) is 0.764. The maximum absolute atomic E-state index is 12.7. The van der Waals surface area contributed by atoms with Crippen LogP contribution in [0.4, 0.5) is 4.79 Å². The maximum atomic E-state index is 12.7. The predicted octanol–water partition coefficient (Wildman–Crippen LogP) is 3.41. The number of carbonyl (C=O) groups is 1. The Hall–Kier alpha value is -0.593. The van der Waals surface area contributed by atoms with Gasteiger partial charge in [0.25, 0.3) is 0 Å². The first kappa shape index (κ1) is 21.4. The summed E-state index contributed by atoms with van der Waals surface area (Å²) in [5.41, 5.74) is -0.655. The van der Waals surface area contributed by atoms with Crippen molar-refractivity contribution >= 4 is 15.1 Å². The van der Waals surface area contributed by atoms with E-state index in [4.69, 9.17) is 9.16 Å². The average Bonchev–Trinajstić information content (AvgIpc) is 2.75. The number of ether oxygens (including phenoxy) is 1. The summed E-state index contributed by atoms with van der Waals surface area (Å²) in [4.78, 5) is 14.3. The van der Waals surface area contributed by atoms with Gasteiger partial charge in [-0.2, -0.15) is 0 Å². The molecule has 5 nitrogen and oxygen atoms in total. The van der Waals surface area contributed by atoms with E-state index in [0.29, 0.717) is 18.9 Å². The van der Waals surface area contributed by atoms with Gasteiger partial charge in [-0.25, -0.2) is 4.79 Å². The third-order valence-corrected chi connectivity index (χ3v) is 5.78. The highest BCUT2D eigenvalue weighted by Crippen LogP contribution is 2.39. The lowest BCUT2D eigenvalue weighted by Crippen LogP contribution is -2.53. The zero-order valence-corrected chi connectivity index (χ0v) is 18.1. The highest BCUT2D eigenvalue weighted by Gasteiger charge is 2.47. The molecule has 0 aromatic carbocycles. The molecule has 0 spiro atoms. The number of hydrogen-bond acceptors (Lipinski definition) is 4.